The first-order chi connectivity index (χ1) is 7.74. The van der Waals surface area contributed by atoms with Crippen molar-refractivity contribution in [3.05, 3.63) is 35.1 Å². The zero-order chi connectivity index (χ0) is 11.5. The lowest BCUT2D eigenvalue weighted by Crippen LogP contribution is -2.01. The van der Waals surface area contributed by atoms with Gasteiger partial charge in [-0.3, -0.25) is 0 Å². The summed E-state index contributed by atoms with van der Waals surface area (Å²) >= 11 is 3.51. The Morgan fingerprint density at radius 1 is 1.38 bits per heavy atom. The van der Waals surface area contributed by atoms with E-state index in [1.54, 1.807) is 6.33 Å². The molecule has 0 aliphatic carbocycles. The van der Waals surface area contributed by atoms with Gasteiger partial charge < -0.3 is 10.3 Å². The van der Waals surface area contributed by atoms with Crippen LogP contribution >= 0.6 is 15.9 Å². The third-order valence-corrected chi connectivity index (χ3v) is 3.16. The van der Waals surface area contributed by atoms with Crippen molar-refractivity contribution >= 4 is 21.7 Å². The summed E-state index contributed by atoms with van der Waals surface area (Å²) in [6.07, 6.45) is 2.85. The van der Waals surface area contributed by atoms with Gasteiger partial charge in [0.1, 0.15) is 11.5 Å². The van der Waals surface area contributed by atoms with Crippen LogP contribution in [0.1, 0.15) is 13.3 Å². The first-order valence-electron chi connectivity index (χ1n) is 5.29. The first kappa shape index (κ1) is 11.2. The highest BCUT2D eigenvalue weighted by atomic mass is 79.9. The number of halogens is 1. The van der Waals surface area contributed by atoms with Crippen LogP contribution in [0, 0.1) is 0 Å². The maximum absolute atomic E-state index is 6.07. The Hall–Kier alpha value is -1.29. The van der Waals surface area contributed by atoms with Crippen molar-refractivity contribution in [3.63, 3.8) is 0 Å². The fourth-order valence-electron chi connectivity index (χ4n) is 1.67. The molecule has 1 heterocycles. The van der Waals surface area contributed by atoms with Crippen LogP contribution in [0.25, 0.3) is 11.3 Å². The number of nitrogen functional groups attached to an aromatic ring is 1. The first-order valence-corrected chi connectivity index (χ1v) is 6.08. The minimum absolute atomic E-state index is 0.730. The van der Waals surface area contributed by atoms with Crippen molar-refractivity contribution in [1.82, 2.24) is 9.55 Å². The molecule has 1 aromatic heterocycles. The zero-order valence-corrected chi connectivity index (χ0v) is 10.7. The fourth-order valence-corrected chi connectivity index (χ4v) is 2.14. The number of aromatic nitrogens is 2. The van der Waals surface area contributed by atoms with Crippen LogP contribution in [-0.2, 0) is 6.54 Å². The maximum Gasteiger partial charge on any atom is 0.131 e. The monoisotopic (exact) mass is 279 g/mol. The van der Waals surface area contributed by atoms with Gasteiger partial charge in [0.25, 0.3) is 0 Å². The molecular formula is C12H14BrN3. The summed E-state index contributed by atoms with van der Waals surface area (Å²) in [6, 6.07) is 7.97. The third-order valence-electron chi connectivity index (χ3n) is 2.47. The smallest absolute Gasteiger partial charge is 0.131 e. The van der Waals surface area contributed by atoms with Crippen molar-refractivity contribution < 1.29 is 0 Å². The van der Waals surface area contributed by atoms with Gasteiger partial charge in [-0.05, 0) is 12.5 Å². The van der Waals surface area contributed by atoms with Gasteiger partial charge in [-0.2, -0.15) is 0 Å². The summed E-state index contributed by atoms with van der Waals surface area (Å²) in [5.41, 5.74) is 7.95. The standard InChI is InChI=1S/C12H14BrN3/c1-2-7-16-8-15-11(12(16)14)9-5-3-4-6-10(9)13/h3-6,8H,2,7,14H2,1H3. The molecule has 0 spiro atoms. The highest BCUT2D eigenvalue weighted by Crippen LogP contribution is 2.30. The summed E-state index contributed by atoms with van der Waals surface area (Å²) in [5, 5.41) is 0. The third kappa shape index (κ3) is 1.97. The molecular weight excluding hydrogens is 266 g/mol. The van der Waals surface area contributed by atoms with Crippen LogP contribution < -0.4 is 5.73 Å². The lowest BCUT2D eigenvalue weighted by Gasteiger charge is -2.05. The number of hydrogen-bond acceptors (Lipinski definition) is 2. The van der Waals surface area contributed by atoms with Crippen molar-refractivity contribution in [2.45, 2.75) is 19.9 Å². The summed E-state index contributed by atoms with van der Waals surface area (Å²) in [5.74, 6) is 0.730. The SMILES string of the molecule is CCCn1cnc(-c2ccccc2Br)c1N. The molecule has 2 aromatic rings. The lowest BCUT2D eigenvalue weighted by molar-refractivity contribution is 0.686. The van der Waals surface area contributed by atoms with Crippen molar-refractivity contribution in [2.75, 3.05) is 5.73 Å². The van der Waals surface area contributed by atoms with Crippen molar-refractivity contribution in [3.8, 4) is 11.3 Å². The molecule has 0 aliphatic rings. The molecule has 0 saturated heterocycles. The van der Waals surface area contributed by atoms with E-state index < -0.39 is 0 Å². The van der Waals surface area contributed by atoms with E-state index in [2.05, 4.69) is 27.8 Å². The number of benzene rings is 1. The molecule has 0 unspecified atom stereocenters. The van der Waals surface area contributed by atoms with Gasteiger partial charge in [0.15, 0.2) is 0 Å². The van der Waals surface area contributed by atoms with Crippen LogP contribution in [0.4, 0.5) is 5.82 Å². The highest BCUT2D eigenvalue weighted by molar-refractivity contribution is 9.10. The van der Waals surface area contributed by atoms with Gasteiger partial charge in [-0.1, -0.05) is 41.1 Å². The molecule has 0 aliphatic heterocycles. The van der Waals surface area contributed by atoms with E-state index in [-0.39, 0.29) is 0 Å². The van der Waals surface area contributed by atoms with Gasteiger partial charge in [0.2, 0.25) is 0 Å². The molecule has 84 valence electrons. The van der Waals surface area contributed by atoms with Crippen LogP contribution in [-0.4, -0.2) is 9.55 Å². The van der Waals surface area contributed by atoms with Crippen LogP contribution in [0.15, 0.2) is 35.1 Å². The van der Waals surface area contributed by atoms with Crippen molar-refractivity contribution in [2.24, 2.45) is 0 Å². The van der Waals surface area contributed by atoms with E-state index in [1.807, 2.05) is 28.8 Å². The average molecular weight is 280 g/mol. The second kappa shape index (κ2) is 4.70. The van der Waals surface area contributed by atoms with E-state index in [0.29, 0.717) is 0 Å². The molecule has 2 rings (SSSR count). The van der Waals surface area contributed by atoms with Gasteiger partial charge in [0.05, 0.1) is 6.33 Å². The van der Waals surface area contributed by atoms with Crippen LogP contribution in [0.2, 0.25) is 0 Å². The molecule has 1 aromatic carbocycles. The molecule has 0 radical (unpaired) electrons. The van der Waals surface area contributed by atoms with Gasteiger partial charge in [0, 0.05) is 16.6 Å². The molecule has 2 N–H and O–H groups in total. The zero-order valence-electron chi connectivity index (χ0n) is 9.15. The van der Waals surface area contributed by atoms with E-state index >= 15 is 0 Å². The second-order valence-corrected chi connectivity index (χ2v) is 4.51. The normalized spacial score (nSPS) is 10.6. The Bertz CT molecular complexity index is 491. The molecule has 16 heavy (non-hydrogen) atoms. The number of rotatable bonds is 3. The van der Waals surface area contributed by atoms with Crippen LogP contribution in [0.5, 0.6) is 0 Å². The Morgan fingerprint density at radius 2 is 2.12 bits per heavy atom. The predicted octanol–water partition coefficient (Wildman–Crippen LogP) is 3.30. The molecule has 4 heteroatoms. The minimum Gasteiger partial charge on any atom is -0.383 e. The summed E-state index contributed by atoms with van der Waals surface area (Å²) in [4.78, 5) is 4.37. The minimum atomic E-state index is 0.730. The van der Waals surface area contributed by atoms with Gasteiger partial charge in [-0.15, -0.1) is 0 Å². The summed E-state index contributed by atoms with van der Waals surface area (Å²) in [7, 11) is 0. The molecule has 0 amide bonds. The Labute approximate surface area is 103 Å². The molecule has 0 fully saturated rings. The molecule has 3 nitrogen and oxygen atoms in total. The largest absolute Gasteiger partial charge is 0.383 e. The molecule has 0 atom stereocenters. The average Bonchev–Trinajstić information content (AvgIpc) is 2.62. The van der Waals surface area contributed by atoms with Gasteiger partial charge >= 0.3 is 0 Å². The topological polar surface area (TPSA) is 43.8 Å². The molecule has 0 saturated carbocycles. The summed E-state index contributed by atoms with van der Waals surface area (Å²) in [6.45, 7) is 3.03. The number of hydrogen-bond donors (Lipinski definition) is 1. The number of aryl methyl sites for hydroxylation is 1. The fraction of sp³-hybridized carbons (Fsp3) is 0.250. The van der Waals surface area contributed by atoms with E-state index in [9.17, 15) is 0 Å². The lowest BCUT2D eigenvalue weighted by atomic mass is 10.1. The Morgan fingerprint density at radius 3 is 2.81 bits per heavy atom. The number of imidazole rings is 1. The highest BCUT2D eigenvalue weighted by Gasteiger charge is 2.11. The Balaban J connectivity index is 2.45. The van der Waals surface area contributed by atoms with E-state index in [0.717, 1.165) is 34.5 Å². The van der Waals surface area contributed by atoms with Crippen molar-refractivity contribution in [1.29, 1.82) is 0 Å². The van der Waals surface area contributed by atoms with E-state index in [1.165, 1.54) is 0 Å². The summed E-state index contributed by atoms with van der Waals surface area (Å²) < 4.78 is 3.00. The molecule has 0 bridgehead atoms. The number of nitrogens with two attached hydrogens (primary N) is 1. The van der Waals surface area contributed by atoms with Crippen LogP contribution in [0.3, 0.4) is 0 Å². The maximum atomic E-state index is 6.07. The number of anilines is 1. The quantitative estimate of drug-likeness (QED) is 0.937. The predicted molar refractivity (Wildman–Crippen MR) is 70.1 cm³/mol. The number of nitrogens with zero attached hydrogens (tertiary/aromatic N) is 2. The van der Waals surface area contributed by atoms with E-state index in [4.69, 9.17) is 5.73 Å². The second-order valence-electron chi connectivity index (χ2n) is 3.65. The van der Waals surface area contributed by atoms with Gasteiger partial charge in [-0.25, -0.2) is 4.98 Å². The Kier molecular flexibility index (Phi) is 3.29.